The molecule has 0 atom stereocenters. The number of hydrogen-bond donors (Lipinski definition) is 3. The first-order chi connectivity index (χ1) is 13.3. The zero-order chi connectivity index (χ0) is 20.6. The van der Waals surface area contributed by atoms with E-state index in [2.05, 4.69) is 15.8 Å². The highest BCUT2D eigenvalue weighted by Crippen LogP contribution is 2.30. The fourth-order valence-corrected chi connectivity index (χ4v) is 2.30. The minimum atomic E-state index is -4.44. The second-order valence-corrected chi connectivity index (χ2v) is 5.96. The van der Waals surface area contributed by atoms with Crippen molar-refractivity contribution in [3.63, 3.8) is 0 Å². The van der Waals surface area contributed by atoms with Gasteiger partial charge in [0.1, 0.15) is 0 Å². The molecular weight excluding hydrogens is 373 g/mol. The minimum absolute atomic E-state index is 0.0558. The molecule has 0 saturated heterocycles. The Kier molecular flexibility index (Phi) is 7.39. The van der Waals surface area contributed by atoms with Gasteiger partial charge < -0.3 is 15.3 Å². The Morgan fingerprint density at radius 1 is 1.21 bits per heavy atom. The number of anilines is 2. The maximum absolute atomic E-state index is 12.7. The summed E-state index contributed by atoms with van der Waals surface area (Å²) in [7, 11) is 1.86. The summed E-state index contributed by atoms with van der Waals surface area (Å²) in [5.74, 6) is -0.493. The Labute approximate surface area is 160 Å². The highest BCUT2D eigenvalue weighted by Gasteiger charge is 2.30. The van der Waals surface area contributed by atoms with Crippen molar-refractivity contribution in [2.45, 2.75) is 6.18 Å². The van der Waals surface area contributed by atoms with E-state index in [4.69, 9.17) is 5.11 Å². The van der Waals surface area contributed by atoms with E-state index in [0.29, 0.717) is 6.54 Å². The summed E-state index contributed by atoms with van der Waals surface area (Å²) in [5.41, 5.74) is 3.40. The minimum Gasteiger partial charge on any atom is -0.395 e. The molecule has 0 radical (unpaired) electrons. The lowest BCUT2D eigenvalue weighted by Gasteiger charge is -2.17. The fraction of sp³-hybridized carbons (Fsp3) is 0.263. The Hall–Kier alpha value is -3.07. The van der Waals surface area contributed by atoms with Crippen molar-refractivity contribution in [2.24, 2.45) is 5.10 Å². The van der Waals surface area contributed by atoms with Gasteiger partial charge in [0.2, 0.25) is 0 Å². The van der Waals surface area contributed by atoms with Gasteiger partial charge in [0.25, 0.3) is 5.91 Å². The molecule has 0 bridgehead atoms. The summed E-state index contributed by atoms with van der Waals surface area (Å²) in [6, 6.07) is 11.9. The highest BCUT2D eigenvalue weighted by molar-refractivity contribution is 5.84. The first-order valence-electron chi connectivity index (χ1n) is 8.44. The Balaban J connectivity index is 1.82. The topological polar surface area (TPSA) is 77.0 Å². The summed E-state index contributed by atoms with van der Waals surface area (Å²) in [6.07, 6.45) is -2.98. The fourth-order valence-electron chi connectivity index (χ4n) is 2.30. The number of halogens is 3. The molecule has 0 aliphatic carbocycles. The van der Waals surface area contributed by atoms with Crippen LogP contribution in [0.5, 0.6) is 0 Å². The van der Waals surface area contributed by atoms with E-state index < -0.39 is 17.6 Å². The first-order valence-corrected chi connectivity index (χ1v) is 8.44. The second-order valence-electron chi connectivity index (χ2n) is 5.96. The van der Waals surface area contributed by atoms with Crippen molar-refractivity contribution in [3.8, 4) is 0 Å². The van der Waals surface area contributed by atoms with Gasteiger partial charge in [-0.2, -0.15) is 18.3 Å². The van der Waals surface area contributed by atoms with E-state index in [1.165, 1.54) is 18.3 Å². The molecule has 9 heteroatoms. The van der Waals surface area contributed by atoms with Crippen LogP contribution in [0, 0.1) is 0 Å². The van der Waals surface area contributed by atoms with Crippen LogP contribution in [-0.4, -0.2) is 44.0 Å². The molecule has 3 N–H and O–H groups in total. The second kappa shape index (κ2) is 9.75. The maximum atomic E-state index is 12.7. The number of aliphatic hydroxyl groups excluding tert-OH is 1. The smallest absolute Gasteiger partial charge is 0.395 e. The monoisotopic (exact) mass is 394 g/mol. The summed E-state index contributed by atoms with van der Waals surface area (Å²) >= 11 is 0. The Bertz CT molecular complexity index is 808. The molecule has 150 valence electrons. The molecule has 1 amide bonds. The lowest BCUT2D eigenvalue weighted by Crippen LogP contribution is -2.26. The number of hydrogen-bond acceptors (Lipinski definition) is 5. The quantitative estimate of drug-likeness (QED) is 0.475. The molecule has 0 unspecified atom stereocenters. The third kappa shape index (κ3) is 6.58. The number of hydrazone groups is 1. The molecule has 2 aromatic carbocycles. The van der Waals surface area contributed by atoms with Crippen LogP contribution in [-0.2, 0) is 11.0 Å². The number of likely N-dealkylation sites (N-methyl/N-ethyl adjacent to an activating group) is 1. The number of rotatable bonds is 8. The van der Waals surface area contributed by atoms with Crippen molar-refractivity contribution >= 4 is 23.5 Å². The number of benzene rings is 2. The molecule has 0 aromatic heterocycles. The predicted octanol–water partition coefficient (Wildman–Crippen LogP) is 2.70. The normalized spacial score (nSPS) is 11.5. The van der Waals surface area contributed by atoms with E-state index in [-0.39, 0.29) is 18.8 Å². The maximum Gasteiger partial charge on any atom is 0.416 e. The van der Waals surface area contributed by atoms with Crippen LogP contribution >= 0.6 is 0 Å². The largest absolute Gasteiger partial charge is 0.416 e. The summed E-state index contributed by atoms with van der Waals surface area (Å²) in [6.45, 7) is 0.353. The number of amides is 1. The summed E-state index contributed by atoms with van der Waals surface area (Å²) in [5, 5.41) is 15.4. The molecule has 0 saturated carbocycles. The van der Waals surface area contributed by atoms with E-state index in [0.717, 1.165) is 23.4 Å². The molecule has 28 heavy (non-hydrogen) atoms. The van der Waals surface area contributed by atoms with Gasteiger partial charge in [-0.05, 0) is 35.9 Å². The molecule has 0 aliphatic rings. The third-order valence-electron chi connectivity index (χ3n) is 3.82. The van der Waals surface area contributed by atoms with Gasteiger partial charge in [0, 0.05) is 25.0 Å². The zero-order valence-electron chi connectivity index (χ0n) is 15.2. The highest BCUT2D eigenvalue weighted by atomic mass is 19.4. The van der Waals surface area contributed by atoms with Gasteiger partial charge in [-0.3, -0.25) is 4.79 Å². The lowest BCUT2D eigenvalue weighted by molar-refractivity contribution is -0.137. The van der Waals surface area contributed by atoms with Crippen LogP contribution in [0.2, 0.25) is 0 Å². The predicted molar refractivity (Wildman–Crippen MR) is 102 cm³/mol. The van der Waals surface area contributed by atoms with Crippen LogP contribution in [0.1, 0.15) is 11.1 Å². The first kappa shape index (κ1) is 21.2. The SMILES string of the molecule is CN(CCO)c1ccc(C=NNC(=O)CNc2cccc(C(F)(F)F)c2)cc1. The van der Waals surface area contributed by atoms with Gasteiger partial charge in [0.15, 0.2) is 0 Å². The molecular formula is C19H21F3N4O2. The molecule has 2 aromatic rings. The number of carbonyl (C=O) groups is 1. The molecule has 6 nitrogen and oxygen atoms in total. The van der Waals surface area contributed by atoms with Crippen molar-refractivity contribution in [1.82, 2.24) is 5.43 Å². The average Bonchev–Trinajstić information content (AvgIpc) is 2.67. The van der Waals surface area contributed by atoms with Crippen LogP contribution in [0.4, 0.5) is 24.5 Å². The van der Waals surface area contributed by atoms with E-state index in [1.54, 1.807) is 12.1 Å². The van der Waals surface area contributed by atoms with Gasteiger partial charge in [0.05, 0.1) is 24.9 Å². The van der Waals surface area contributed by atoms with Crippen molar-refractivity contribution in [2.75, 3.05) is 37.0 Å². The Morgan fingerprint density at radius 2 is 1.93 bits per heavy atom. The van der Waals surface area contributed by atoms with E-state index >= 15 is 0 Å². The average molecular weight is 394 g/mol. The molecule has 0 spiro atoms. The van der Waals surface area contributed by atoms with Gasteiger partial charge in [-0.15, -0.1) is 0 Å². The number of alkyl halides is 3. The van der Waals surface area contributed by atoms with Gasteiger partial charge in [-0.1, -0.05) is 18.2 Å². The number of carbonyl (C=O) groups excluding carboxylic acids is 1. The van der Waals surface area contributed by atoms with Crippen molar-refractivity contribution < 1.29 is 23.1 Å². The standard InChI is InChI=1S/C19H21F3N4O2/c1-26(9-10-27)17-7-5-14(6-8-17)12-24-25-18(28)13-23-16-4-2-3-15(11-16)19(20,21)22/h2-8,11-12,23,27H,9-10,13H2,1H3,(H,25,28). The molecule has 2 rings (SSSR count). The van der Waals surface area contributed by atoms with Gasteiger partial charge >= 0.3 is 6.18 Å². The number of nitrogens with zero attached hydrogens (tertiary/aromatic N) is 2. The van der Waals surface area contributed by atoms with Crippen molar-refractivity contribution in [3.05, 3.63) is 59.7 Å². The summed E-state index contributed by atoms with van der Waals surface area (Å²) in [4.78, 5) is 13.7. The van der Waals surface area contributed by atoms with E-state index in [1.807, 2.05) is 24.1 Å². The van der Waals surface area contributed by atoms with Crippen molar-refractivity contribution in [1.29, 1.82) is 0 Å². The molecule has 0 heterocycles. The molecule has 0 aliphatic heterocycles. The van der Waals surface area contributed by atoms with E-state index in [9.17, 15) is 18.0 Å². The molecule has 0 fully saturated rings. The third-order valence-corrected chi connectivity index (χ3v) is 3.82. The van der Waals surface area contributed by atoms with Crippen LogP contribution in [0.25, 0.3) is 0 Å². The van der Waals surface area contributed by atoms with Crippen LogP contribution < -0.4 is 15.6 Å². The van der Waals surface area contributed by atoms with Crippen LogP contribution in [0.15, 0.2) is 53.6 Å². The number of aliphatic hydroxyl groups is 1. The summed E-state index contributed by atoms with van der Waals surface area (Å²) < 4.78 is 38.0. The van der Waals surface area contributed by atoms with Gasteiger partial charge in [-0.25, -0.2) is 5.43 Å². The number of nitrogens with one attached hydrogen (secondary N) is 2. The van der Waals surface area contributed by atoms with Crippen LogP contribution in [0.3, 0.4) is 0 Å². The zero-order valence-corrected chi connectivity index (χ0v) is 15.2. The lowest BCUT2D eigenvalue weighted by atomic mass is 10.2. The Morgan fingerprint density at radius 3 is 2.57 bits per heavy atom.